The minimum atomic E-state index is -0.231. The number of piperazine rings is 1. The minimum absolute atomic E-state index is 0.231. The quantitative estimate of drug-likeness (QED) is 0.810. The van der Waals surface area contributed by atoms with Crippen molar-refractivity contribution in [1.29, 1.82) is 0 Å². The third-order valence-corrected chi connectivity index (χ3v) is 5.28. The molecule has 0 spiro atoms. The molecule has 0 radical (unpaired) electrons. The van der Waals surface area contributed by atoms with Crippen LogP contribution < -0.4 is 4.90 Å². The second kappa shape index (κ2) is 7.23. The van der Waals surface area contributed by atoms with E-state index in [4.69, 9.17) is 16.3 Å². The Morgan fingerprint density at radius 2 is 2.07 bits per heavy atom. The van der Waals surface area contributed by atoms with Gasteiger partial charge in [0.25, 0.3) is 0 Å². The van der Waals surface area contributed by atoms with Crippen LogP contribution in [0, 0.1) is 0 Å². The van der Waals surface area contributed by atoms with Gasteiger partial charge >= 0.3 is 6.09 Å². The first kappa shape index (κ1) is 17.9. The van der Waals surface area contributed by atoms with Gasteiger partial charge in [0.2, 0.25) is 0 Å². The Labute approximate surface area is 163 Å². The van der Waals surface area contributed by atoms with Gasteiger partial charge in [-0.1, -0.05) is 11.6 Å². The van der Waals surface area contributed by atoms with E-state index in [1.165, 1.54) is 0 Å². The van der Waals surface area contributed by atoms with Crippen LogP contribution >= 0.6 is 11.6 Å². The lowest BCUT2D eigenvalue weighted by Gasteiger charge is -2.36. The Bertz CT molecular complexity index is 900. The van der Waals surface area contributed by atoms with Crippen LogP contribution in [0.25, 0.3) is 11.6 Å². The van der Waals surface area contributed by atoms with Crippen LogP contribution in [-0.4, -0.2) is 58.5 Å². The van der Waals surface area contributed by atoms with Crippen LogP contribution in [0.15, 0.2) is 18.5 Å². The number of hydrogen-bond donors (Lipinski definition) is 0. The summed E-state index contributed by atoms with van der Waals surface area (Å²) < 4.78 is 6.83. The molecule has 1 amide bonds. The highest BCUT2D eigenvalue weighted by molar-refractivity contribution is 6.31. The molecule has 2 aromatic heterocycles. The van der Waals surface area contributed by atoms with Crippen molar-refractivity contribution >= 4 is 35.0 Å². The second-order valence-electron chi connectivity index (χ2n) is 6.72. The van der Waals surface area contributed by atoms with Gasteiger partial charge in [-0.2, -0.15) is 5.10 Å². The number of carbonyl (C=O) groups excluding carboxylic acids is 1. The van der Waals surface area contributed by atoms with Gasteiger partial charge in [-0.05, 0) is 24.6 Å². The normalized spacial score (nSPS) is 16.3. The first-order chi connectivity index (χ1) is 13.1. The summed E-state index contributed by atoms with van der Waals surface area (Å²) in [5, 5.41) is 4.75. The summed E-state index contributed by atoms with van der Waals surface area (Å²) in [6.45, 7) is 5.08. The predicted molar refractivity (Wildman–Crippen MR) is 105 cm³/mol. The van der Waals surface area contributed by atoms with Crippen LogP contribution in [-0.2, 0) is 18.2 Å². The Balaban J connectivity index is 1.55. The molecule has 0 aromatic carbocycles. The smallest absolute Gasteiger partial charge is 0.409 e. The van der Waals surface area contributed by atoms with Gasteiger partial charge in [0, 0.05) is 68.9 Å². The molecule has 4 rings (SSSR count). The first-order valence-corrected chi connectivity index (χ1v) is 9.49. The summed E-state index contributed by atoms with van der Waals surface area (Å²) in [4.78, 5) is 20.5. The second-order valence-corrected chi connectivity index (χ2v) is 7.08. The van der Waals surface area contributed by atoms with E-state index in [9.17, 15) is 4.79 Å². The largest absolute Gasteiger partial charge is 0.450 e. The third-order valence-electron chi connectivity index (χ3n) is 5.00. The number of rotatable bonds is 3. The van der Waals surface area contributed by atoms with Crippen molar-refractivity contribution in [3.8, 4) is 0 Å². The zero-order valence-electron chi connectivity index (χ0n) is 15.5. The maximum atomic E-state index is 11.9. The molecule has 0 bridgehead atoms. The molecule has 1 aliphatic heterocycles. The van der Waals surface area contributed by atoms with Crippen molar-refractivity contribution < 1.29 is 9.53 Å². The van der Waals surface area contributed by atoms with E-state index in [0.717, 1.165) is 47.6 Å². The van der Waals surface area contributed by atoms with Crippen molar-refractivity contribution in [3.63, 3.8) is 0 Å². The molecule has 7 nitrogen and oxygen atoms in total. The Kier molecular flexibility index (Phi) is 4.78. The third kappa shape index (κ3) is 3.39. The van der Waals surface area contributed by atoms with E-state index in [2.05, 4.69) is 21.1 Å². The van der Waals surface area contributed by atoms with Gasteiger partial charge < -0.3 is 14.5 Å². The molecule has 0 atom stereocenters. The number of anilines is 1. The number of amides is 1. The summed E-state index contributed by atoms with van der Waals surface area (Å²) in [6.07, 6.45) is 6.48. The number of pyridine rings is 1. The van der Waals surface area contributed by atoms with E-state index in [1.54, 1.807) is 9.58 Å². The van der Waals surface area contributed by atoms with Crippen molar-refractivity contribution in [2.75, 3.05) is 37.7 Å². The molecule has 3 heterocycles. The molecule has 8 heteroatoms. The molecule has 142 valence electrons. The average molecular weight is 388 g/mol. The Morgan fingerprint density at radius 1 is 1.30 bits per heavy atom. The number of ether oxygens (including phenoxy) is 1. The number of aryl methyl sites for hydroxylation is 1. The maximum absolute atomic E-state index is 11.9. The van der Waals surface area contributed by atoms with Gasteiger partial charge in [0.05, 0.1) is 12.3 Å². The average Bonchev–Trinajstić information content (AvgIpc) is 3.24. The predicted octanol–water partition coefficient (Wildman–Crippen LogP) is 2.84. The Hall–Kier alpha value is -2.54. The van der Waals surface area contributed by atoms with Crippen molar-refractivity contribution in [1.82, 2.24) is 19.7 Å². The highest BCUT2D eigenvalue weighted by Gasteiger charge is 2.26. The van der Waals surface area contributed by atoms with Crippen molar-refractivity contribution in [3.05, 3.63) is 40.4 Å². The Morgan fingerprint density at radius 3 is 2.74 bits per heavy atom. The van der Waals surface area contributed by atoms with Crippen molar-refractivity contribution in [2.24, 2.45) is 7.05 Å². The molecular formula is C19H22ClN5O2. The zero-order chi connectivity index (χ0) is 19.0. The van der Waals surface area contributed by atoms with Crippen LogP contribution in [0.4, 0.5) is 10.5 Å². The maximum Gasteiger partial charge on any atom is 0.409 e. The number of halogens is 1. The molecule has 2 aliphatic rings. The van der Waals surface area contributed by atoms with Gasteiger partial charge in [-0.3, -0.25) is 9.67 Å². The van der Waals surface area contributed by atoms with E-state index in [1.807, 2.05) is 32.4 Å². The van der Waals surface area contributed by atoms with E-state index in [0.29, 0.717) is 24.8 Å². The molecule has 0 N–H and O–H groups in total. The first-order valence-electron chi connectivity index (χ1n) is 9.11. The lowest BCUT2D eigenvalue weighted by Crippen LogP contribution is -2.49. The molecule has 1 aliphatic carbocycles. The molecule has 0 unspecified atom stereocenters. The highest BCUT2D eigenvalue weighted by atomic mass is 35.5. The fourth-order valence-corrected chi connectivity index (χ4v) is 3.97. The van der Waals surface area contributed by atoms with Gasteiger partial charge in [-0.15, -0.1) is 0 Å². The minimum Gasteiger partial charge on any atom is -0.450 e. The van der Waals surface area contributed by atoms with Crippen LogP contribution in [0.3, 0.4) is 0 Å². The summed E-state index contributed by atoms with van der Waals surface area (Å²) in [5.74, 6) is 0. The lowest BCUT2D eigenvalue weighted by molar-refractivity contribution is 0.105. The number of aromatic nitrogens is 3. The monoisotopic (exact) mass is 387 g/mol. The van der Waals surface area contributed by atoms with Crippen molar-refractivity contribution in [2.45, 2.75) is 13.3 Å². The molecule has 1 fully saturated rings. The summed E-state index contributed by atoms with van der Waals surface area (Å²) in [6, 6.07) is 2.04. The molecular weight excluding hydrogens is 366 g/mol. The summed E-state index contributed by atoms with van der Waals surface area (Å²) in [7, 11) is 1.87. The standard InChI is InChI=1S/C19H22ClN5O2/c1-3-27-19(26)25-8-6-24(7-9-25)17-4-5-21-16-11-13(10-14(16)17)15-12-23(2)22-18(15)20/h4-5,10,12H,3,6-9,11H2,1-2H3. The topological polar surface area (TPSA) is 63.5 Å². The van der Waals surface area contributed by atoms with Gasteiger partial charge in [0.15, 0.2) is 5.15 Å². The molecule has 27 heavy (non-hydrogen) atoms. The van der Waals surface area contributed by atoms with E-state index < -0.39 is 0 Å². The number of allylic oxidation sites excluding steroid dienone is 1. The van der Waals surface area contributed by atoms with Gasteiger partial charge in [0.1, 0.15) is 0 Å². The number of hydrogen-bond acceptors (Lipinski definition) is 5. The van der Waals surface area contributed by atoms with Crippen LogP contribution in [0.5, 0.6) is 0 Å². The van der Waals surface area contributed by atoms with Crippen LogP contribution in [0.1, 0.15) is 23.7 Å². The fourth-order valence-electron chi connectivity index (χ4n) is 3.68. The summed E-state index contributed by atoms with van der Waals surface area (Å²) in [5.41, 5.74) is 5.43. The number of nitrogens with zero attached hydrogens (tertiary/aromatic N) is 5. The van der Waals surface area contributed by atoms with E-state index in [-0.39, 0.29) is 6.09 Å². The lowest BCUT2D eigenvalue weighted by atomic mass is 10.1. The zero-order valence-corrected chi connectivity index (χ0v) is 16.2. The van der Waals surface area contributed by atoms with Gasteiger partial charge in [-0.25, -0.2) is 4.79 Å². The molecule has 0 saturated carbocycles. The van der Waals surface area contributed by atoms with Crippen LogP contribution in [0.2, 0.25) is 5.15 Å². The molecule has 2 aromatic rings. The highest BCUT2D eigenvalue weighted by Crippen LogP contribution is 2.38. The van der Waals surface area contributed by atoms with E-state index >= 15 is 0 Å². The fraction of sp³-hybridized carbons (Fsp3) is 0.421. The number of carbonyl (C=O) groups is 1. The SMILES string of the molecule is CCOC(=O)N1CCN(c2ccnc3c2C=C(c2cn(C)nc2Cl)C3)CC1. The number of fused-ring (bicyclic) bond motifs is 1. The summed E-state index contributed by atoms with van der Waals surface area (Å²) >= 11 is 6.27. The molecule has 1 saturated heterocycles.